The van der Waals surface area contributed by atoms with Gasteiger partial charge in [-0.15, -0.1) is 0 Å². The number of hydrogen-bond donors (Lipinski definition) is 1. The number of aryl methyl sites for hydroxylation is 2. The first-order valence-corrected chi connectivity index (χ1v) is 7.20. The van der Waals surface area contributed by atoms with Gasteiger partial charge in [-0.3, -0.25) is 9.48 Å². The van der Waals surface area contributed by atoms with Gasteiger partial charge in [0.05, 0.1) is 11.3 Å². The van der Waals surface area contributed by atoms with E-state index in [1.54, 1.807) is 4.68 Å². The SMILES string of the molecule is CCc1nn(C)cc1C(=O)N(CC)CC1CCCN1. The molecule has 0 aromatic carbocycles. The standard InChI is InChI=1S/C14H24N4O/c1-4-13-12(10-17(3)16-13)14(19)18(5-2)9-11-7-6-8-15-11/h10-11,15H,4-9H2,1-3H3. The van der Waals surface area contributed by atoms with E-state index in [2.05, 4.69) is 10.4 Å². The summed E-state index contributed by atoms with van der Waals surface area (Å²) < 4.78 is 1.73. The van der Waals surface area contributed by atoms with Gasteiger partial charge in [-0.2, -0.15) is 5.10 Å². The lowest BCUT2D eigenvalue weighted by Gasteiger charge is -2.24. The fraction of sp³-hybridized carbons (Fsp3) is 0.714. The molecular weight excluding hydrogens is 240 g/mol. The number of aromatic nitrogens is 2. The number of nitrogens with one attached hydrogen (secondary N) is 1. The van der Waals surface area contributed by atoms with Crippen molar-refractivity contribution in [1.29, 1.82) is 0 Å². The lowest BCUT2D eigenvalue weighted by Crippen LogP contribution is -2.41. The zero-order chi connectivity index (χ0) is 13.8. The Labute approximate surface area is 115 Å². The summed E-state index contributed by atoms with van der Waals surface area (Å²) in [6.45, 7) is 6.69. The Morgan fingerprint density at radius 1 is 1.58 bits per heavy atom. The first-order chi connectivity index (χ1) is 9.15. The molecule has 1 amide bonds. The Balaban J connectivity index is 2.10. The Morgan fingerprint density at radius 3 is 2.95 bits per heavy atom. The zero-order valence-electron chi connectivity index (χ0n) is 12.1. The van der Waals surface area contributed by atoms with Gasteiger partial charge >= 0.3 is 0 Å². The van der Waals surface area contributed by atoms with Crippen molar-refractivity contribution >= 4 is 5.91 Å². The van der Waals surface area contributed by atoms with Crippen LogP contribution in [0.2, 0.25) is 0 Å². The molecule has 1 N–H and O–H groups in total. The molecule has 0 bridgehead atoms. The van der Waals surface area contributed by atoms with Gasteiger partial charge < -0.3 is 10.2 Å². The van der Waals surface area contributed by atoms with E-state index < -0.39 is 0 Å². The highest BCUT2D eigenvalue weighted by Gasteiger charge is 2.23. The molecule has 106 valence electrons. The fourth-order valence-corrected chi connectivity index (χ4v) is 2.68. The van der Waals surface area contributed by atoms with Crippen LogP contribution >= 0.6 is 0 Å². The number of carbonyl (C=O) groups is 1. The van der Waals surface area contributed by atoms with E-state index in [-0.39, 0.29) is 5.91 Å². The molecule has 1 aliphatic rings. The van der Waals surface area contributed by atoms with Crippen molar-refractivity contribution in [3.05, 3.63) is 17.5 Å². The van der Waals surface area contributed by atoms with Crippen LogP contribution in [0, 0.1) is 0 Å². The number of likely N-dealkylation sites (N-methyl/N-ethyl adjacent to an activating group) is 1. The minimum atomic E-state index is 0.112. The molecule has 1 aliphatic heterocycles. The van der Waals surface area contributed by atoms with Crippen molar-refractivity contribution in [2.75, 3.05) is 19.6 Å². The Morgan fingerprint density at radius 2 is 2.37 bits per heavy atom. The van der Waals surface area contributed by atoms with E-state index in [9.17, 15) is 4.79 Å². The van der Waals surface area contributed by atoms with Crippen molar-refractivity contribution in [2.24, 2.45) is 7.05 Å². The first kappa shape index (κ1) is 14.1. The predicted octanol–water partition coefficient (Wildman–Crippen LogP) is 1.20. The maximum atomic E-state index is 12.6. The maximum absolute atomic E-state index is 12.6. The summed E-state index contributed by atoms with van der Waals surface area (Å²) in [6.07, 6.45) is 5.01. The summed E-state index contributed by atoms with van der Waals surface area (Å²) >= 11 is 0. The minimum Gasteiger partial charge on any atom is -0.337 e. The van der Waals surface area contributed by atoms with Crippen LogP contribution in [-0.4, -0.2) is 46.3 Å². The summed E-state index contributed by atoms with van der Waals surface area (Å²) in [5.41, 5.74) is 1.65. The van der Waals surface area contributed by atoms with Crippen LogP contribution < -0.4 is 5.32 Å². The monoisotopic (exact) mass is 264 g/mol. The van der Waals surface area contributed by atoms with Gasteiger partial charge in [0.15, 0.2) is 0 Å². The molecule has 2 heterocycles. The molecule has 2 rings (SSSR count). The largest absolute Gasteiger partial charge is 0.337 e. The maximum Gasteiger partial charge on any atom is 0.257 e. The summed E-state index contributed by atoms with van der Waals surface area (Å²) in [5, 5.41) is 7.80. The van der Waals surface area contributed by atoms with Gasteiger partial charge in [0.2, 0.25) is 0 Å². The minimum absolute atomic E-state index is 0.112. The van der Waals surface area contributed by atoms with Crippen molar-refractivity contribution in [2.45, 2.75) is 39.2 Å². The highest BCUT2D eigenvalue weighted by atomic mass is 16.2. The second kappa shape index (κ2) is 6.19. The van der Waals surface area contributed by atoms with E-state index in [1.807, 2.05) is 32.0 Å². The van der Waals surface area contributed by atoms with Gasteiger partial charge in [-0.25, -0.2) is 0 Å². The molecule has 5 nitrogen and oxygen atoms in total. The van der Waals surface area contributed by atoms with Gasteiger partial charge in [-0.1, -0.05) is 6.92 Å². The molecule has 0 radical (unpaired) electrons. The second-order valence-corrected chi connectivity index (χ2v) is 5.15. The zero-order valence-corrected chi connectivity index (χ0v) is 12.1. The quantitative estimate of drug-likeness (QED) is 0.869. The van der Waals surface area contributed by atoms with Gasteiger partial charge in [0, 0.05) is 32.4 Å². The highest BCUT2D eigenvalue weighted by Crippen LogP contribution is 2.13. The van der Waals surface area contributed by atoms with Crippen LogP contribution in [0.25, 0.3) is 0 Å². The van der Waals surface area contributed by atoms with E-state index in [4.69, 9.17) is 0 Å². The van der Waals surface area contributed by atoms with Crippen molar-refractivity contribution < 1.29 is 4.79 Å². The predicted molar refractivity (Wildman–Crippen MR) is 75.2 cm³/mol. The molecule has 1 aromatic heterocycles. The summed E-state index contributed by atoms with van der Waals surface area (Å²) in [6, 6.07) is 0.450. The van der Waals surface area contributed by atoms with E-state index in [0.717, 1.165) is 43.7 Å². The van der Waals surface area contributed by atoms with Crippen LogP contribution in [0.1, 0.15) is 42.7 Å². The van der Waals surface area contributed by atoms with E-state index in [0.29, 0.717) is 6.04 Å². The smallest absolute Gasteiger partial charge is 0.257 e. The van der Waals surface area contributed by atoms with Crippen molar-refractivity contribution in [3.63, 3.8) is 0 Å². The van der Waals surface area contributed by atoms with E-state index in [1.165, 1.54) is 6.42 Å². The van der Waals surface area contributed by atoms with Gasteiger partial charge in [0.25, 0.3) is 5.91 Å². The average molecular weight is 264 g/mol. The second-order valence-electron chi connectivity index (χ2n) is 5.15. The van der Waals surface area contributed by atoms with Crippen LogP contribution in [0.15, 0.2) is 6.20 Å². The number of nitrogens with zero attached hydrogens (tertiary/aromatic N) is 3. The van der Waals surface area contributed by atoms with Crippen LogP contribution in [0.4, 0.5) is 0 Å². The average Bonchev–Trinajstić information content (AvgIpc) is 3.04. The molecule has 5 heteroatoms. The fourth-order valence-electron chi connectivity index (χ4n) is 2.68. The molecule has 19 heavy (non-hydrogen) atoms. The van der Waals surface area contributed by atoms with Crippen molar-refractivity contribution in [3.8, 4) is 0 Å². The highest BCUT2D eigenvalue weighted by molar-refractivity contribution is 5.95. The lowest BCUT2D eigenvalue weighted by atomic mass is 10.1. The van der Waals surface area contributed by atoms with Gasteiger partial charge in [-0.05, 0) is 32.7 Å². The molecule has 0 spiro atoms. The van der Waals surface area contributed by atoms with Crippen LogP contribution in [0.3, 0.4) is 0 Å². The normalized spacial score (nSPS) is 18.8. The molecule has 1 fully saturated rings. The number of hydrogen-bond acceptors (Lipinski definition) is 3. The Hall–Kier alpha value is -1.36. The topological polar surface area (TPSA) is 50.2 Å². The molecule has 1 unspecified atom stereocenters. The first-order valence-electron chi connectivity index (χ1n) is 7.20. The van der Waals surface area contributed by atoms with Crippen molar-refractivity contribution in [1.82, 2.24) is 20.0 Å². The third-order valence-corrected chi connectivity index (χ3v) is 3.74. The van der Waals surface area contributed by atoms with E-state index >= 15 is 0 Å². The summed E-state index contributed by atoms with van der Waals surface area (Å²) in [5.74, 6) is 0.112. The van der Waals surface area contributed by atoms with Crippen LogP contribution in [0.5, 0.6) is 0 Å². The Bertz CT molecular complexity index is 435. The molecular formula is C14H24N4O. The third-order valence-electron chi connectivity index (χ3n) is 3.74. The molecule has 0 saturated carbocycles. The molecule has 0 aliphatic carbocycles. The molecule has 1 saturated heterocycles. The number of rotatable bonds is 5. The van der Waals surface area contributed by atoms with Crippen LogP contribution in [-0.2, 0) is 13.5 Å². The lowest BCUT2D eigenvalue weighted by molar-refractivity contribution is 0.0750. The molecule has 1 aromatic rings. The molecule has 1 atom stereocenters. The third kappa shape index (κ3) is 3.15. The number of amides is 1. The number of carbonyl (C=O) groups excluding carboxylic acids is 1. The Kier molecular flexibility index (Phi) is 4.58. The summed E-state index contributed by atoms with van der Waals surface area (Å²) in [4.78, 5) is 14.5. The van der Waals surface area contributed by atoms with Gasteiger partial charge in [0.1, 0.15) is 0 Å². The summed E-state index contributed by atoms with van der Waals surface area (Å²) in [7, 11) is 1.87.